The van der Waals surface area contributed by atoms with Crippen molar-refractivity contribution in [2.24, 2.45) is 5.11 Å². The molecular formula is C6H11N3O2. The first-order valence-corrected chi connectivity index (χ1v) is 3.43. The molecule has 0 aromatic rings. The Balaban J connectivity index is 3.38. The zero-order chi connectivity index (χ0) is 8.69. The summed E-state index contributed by atoms with van der Waals surface area (Å²) < 4.78 is 0. The Bertz CT molecular complexity index is 175. The van der Waals surface area contributed by atoms with E-state index in [1.165, 1.54) is 0 Å². The van der Waals surface area contributed by atoms with Gasteiger partial charge in [0.2, 0.25) is 0 Å². The van der Waals surface area contributed by atoms with Crippen LogP contribution in [0.5, 0.6) is 0 Å². The Hall–Kier alpha value is -1.22. The standard InChI is InChI=1S/C6H11N3O2/c1-5(8-9-7)3-2-4-6(10)11/h5H,2-4H2,1H3,(H,10,11). The third-order valence-corrected chi connectivity index (χ3v) is 1.26. The molecule has 0 aromatic heterocycles. The molecule has 0 heterocycles. The summed E-state index contributed by atoms with van der Waals surface area (Å²) in [6.45, 7) is 1.77. The molecule has 0 aliphatic heterocycles. The van der Waals surface area contributed by atoms with Gasteiger partial charge in [-0.15, -0.1) is 0 Å². The van der Waals surface area contributed by atoms with Crippen molar-refractivity contribution in [3.8, 4) is 0 Å². The summed E-state index contributed by atoms with van der Waals surface area (Å²) in [5, 5.41) is 11.7. The fourth-order valence-electron chi connectivity index (χ4n) is 0.695. The Morgan fingerprint density at radius 3 is 2.91 bits per heavy atom. The molecule has 0 rings (SSSR count). The zero-order valence-electron chi connectivity index (χ0n) is 6.40. The van der Waals surface area contributed by atoms with Crippen LogP contribution in [0.2, 0.25) is 0 Å². The summed E-state index contributed by atoms with van der Waals surface area (Å²) in [6, 6.07) is -0.0978. The van der Waals surface area contributed by atoms with Crippen molar-refractivity contribution in [3.63, 3.8) is 0 Å². The minimum atomic E-state index is -0.807. The van der Waals surface area contributed by atoms with Gasteiger partial charge in [-0.3, -0.25) is 4.79 Å². The number of hydrogen-bond donors (Lipinski definition) is 1. The maximum Gasteiger partial charge on any atom is 0.303 e. The number of carbonyl (C=O) groups is 1. The van der Waals surface area contributed by atoms with Gasteiger partial charge in [-0.05, 0) is 18.4 Å². The van der Waals surface area contributed by atoms with Crippen molar-refractivity contribution >= 4 is 5.97 Å². The van der Waals surface area contributed by atoms with Gasteiger partial charge in [-0.2, -0.15) is 0 Å². The summed E-state index contributed by atoms with van der Waals surface area (Å²) in [6.07, 6.45) is 1.34. The molecular weight excluding hydrogens is 146 g/mol. The first kappa shape index (κ1) is 9.78. The molecule has 62 valence electrons. The fourth-order valence-corrected chi connectivity index (χ4v) is 0.695. The molecule has 1 N–H and O–H groups in total. The van der Waals surface area contributed by atoms with Crippen LogP contribution in [0.25, 0.3) is 10.4 Å². The predicted octanol–water partition coefficient (Wildman–Crippen LogP) is 1.94. The first-order valence-electron chi connectivity index (χ1n) is 3.43. The molecule has 1 atom stereocenters. The van der Waals surface area contributed by atoms with Gasteiger partial charge in [0, 0.05) is 17.4 Å². The Morgan fingerprint density at radius 1 is 1.82 bits per heavy atom. The quantitative estimate of drug-likeness (QED) is 0.375. The number of aliphatic carboxylic acids is 1. The molecule has 5 heteroatoms. The Labute approximate surface area is 64.7 Å². The molecule has 0 amide bonds. The van der Waals surface area contributed by atoms with Crippen LogP contribution in [0.15, 0.2) is 5.11 Å². The molecule has 0 fully saturated rings. The first-order chi connectivity index (χ1) is 5.16. The van der Waals surface area contributed by atoms with Crippen LogP contribution >= 0.6 is 0 Å². The van der Waals surface area contributed by atoms with Crippen molar-refractivity contribution in [1.29, 1.82) is 0 Å². The van der Waals surface area contributed by atoms with E-state index in [1.54, 1.807) is 6.92 Å². The van der Waals surface area contributed by atoms with Crippen LogP contribution in [0.1, 0.15) is 26.2 Å². The summed E-state index contributed by atoms with van der Waals surface area (Å²) in [7, 11) is 0. The zero-order valence-corrected chi connectivity index (χ0v) is 6.40. The summed E-state index contributed by atoms with van der Waals surface area (Å²) in [4.78, 5) is 12.6. The van der Waals surface area contributed by atoms with E-state index in [4.69, 9.17) is 10.6 Å². The highest BCUT2D eigenvalue weighted by Gasteiger charge is 2.00. The normalized spacial score (nSPS) is 11.7. The van der Waals surface area contributed by atoms with Gasteiger partial charge in [-0.1, -0.05) is 12.0 Å². The van der Waals surface area contributed by atoms with Gasteiger partial charge in [0.1, 0.15) is 0 Å². The number of carboxylic acid groups (broad SMARTS) is 1. The minimum Gasteiger partial charge on any atom is -0.481 e. The van der Waals surface area contributed by atoms with E-state index in [-0.39, 0.29) is 12.5 Å². The molecule has 0 spiro atoms. The average molecular weight is 157 g/mol. The van der Waals surface area contributed by atoms with E-state index in [0.717, 1.165) is 0 Å². The molecule has 5 nitrogen and oxygen atoms in total. The summed E-state index contributed by atoms with van der Waals surface area (Å²) >= 11 is 0. The van der Waals surface area contributed by atoms with Gasteiger partial charge in [0.05, 0.1) is 0 Å². The minimum absolute atomic E-state index is 0.0978. The third kappa shape index (κ3) is 6.67. The monoisotopic (exact) mass is 157 g/mol. The van der Waals surface area contributed by atoms with Crippen molar-refractivity contribution < 1.29 is 9.90 Å². The van der Waals surface area contributed by atoms with Crippen LogP contribution < -0.4 is 0 Å². The largest absolute Gasteiger partial charge is 0.481 e. The second kappa shape index (κ2) is 5.56. The van der Waals surface area contributed by atoms with Gasteiger partial charge >= 0.3 is 5.97 Å². The molecule has 0 aromatic carbocycles. The summed E-state index contributed by atoms with van der Waals surface area (Å²) in [5.41, 5.74) is 7.99. The van der Waals surface area contributed by atoms with E-state index in [1.807, 2.05) is 0 Å². The number of carboxylic acids is 1. The highest BCUT2D eigenvalue weighted by Crippen LogP contribution is 2.03. The van der Waals surface area contributed by atoms with Gasteiger partial charge in [0.15, 0.2) is 0 Å². The van der Waals surface area contributed by atoms with Crippen LogP contribution in [0, 0.1) is 0 Å². The smallest absolute Gasteiger partial charge is 0.303 e. The number of nitrogens with zero attached hydrogens (tertiary/aromatic N) is 3. The molecule has 0 aliphatic rings. The lowest BCUT2D eigenvalue weighted by molar-refractivity contribution is -0.137. The number of azide groups is 1. The summed E-state index contributed by atoms with van der Waals surface area (Å²) in [5.74, 6) is -0.807. The van der Waals surface area contributed by atoms with Crippen LogP contribution in [-0.2, 0) is 4.79 Å². The molecule has 0 radical (unpaired) electrons. The van der Waals surface area contributed by atoms with Crippen molar-refractivity contribution in [1.82, 2.24) is 0 Å². The lowest BCUT2D eigenvalue weighted by Gasteiger charge is -2.00. The van der Waals surface area contributed by atoms with E-state index in [9.17, 15) is 4.79 Å². The van der Waals surface area contributed by atoms with E-state index < -0.39 is 5.97 Å². The number of hydrogen-bond acceptors (Lipinski definition) is 2. The highest BCUT2D eigenvalue weighted by molar-refractivity contribution is 5.66. The SMILES string of the molecule is CC(CCCC(=O)O)N=[N+]=[N-]. The van der Waals surface area contributed by atoms with Crippen LogP contribution in [0.3, 0.4) is 0 Å². The molecule has 0 aliphatic carbocycles. The van der Waals surface area contributed by atoms with Gasteiger partial charge in [-0.25, -0.2) is 0 Å². The van der Waals surface area contributed by atoms with Gasteiger partial charge < -0.3 is 5.11 Å². The van der Waals surface area contributed by atoms with Crippen molar-refractivity contribution in [2.75, 3.05) is 0 Å². The topological polar surface area (TPSA) is 86.1 Å². The molecule has 0 bridgehead atoms. The van der Waals surface area contributed by atoms with E-state index in [0.29, 0.717) is 12.8 Å². The molecule has 1 unspecified atom stereocenters. The second-order valence-corrected chi connectivity index (χ2v) is 2.34. The predicted molar refractivity (Wildman–Crippen MR) is 40.1 cm³/mol. The number of rotatable bonds is 5. The fraction of sp³-hybridized carbons (Fsp3) is 0.833. The van der Waals surface area contributed by atoms with Gasteiger partial charge in [0.25, 0.3) is 0 Å². The Morgan fingerprint density at radius 2 is 2.45 bits per heavy atom. The Kier molecular flexibility index (Phi) is 4.94. The second-order valence-electron chi connectivity index (χ2n) is 2.34. The maximum atomic E-state index is 10.0. The highest BCUT2D eigenvalue weighted by atomic mass is 16.4. The van der Waals surface area contributed by atoms with Crippen LogP contribution in [0.4, 0.5) is 0 Å². The third-order valence-electron chi connectivity index (χ3n) is 1.26. The molecule has 0 saturated heterocycles. The van der Waals surface area contributed by atoms with E-state index in [2.05, 4.69) is 10.0 Å². The average Bonchev–Trinajstić information content (AvgIpc) is 1.87. The lowest BCUT2D eigenvalue weighted by atomic mass is 10.1. The molecule has 0 saturated carbocycles. The lowest BCUT2D eigenvalue weighted by Crippen LogP contribution is -1.99. The van der Waals surface area contributed by atoms with E-state index >= 15 is 0 Å². The van der Waals surface area contributed by atoms with Crippen molar-refractivity contribution in [3.05, 3.63) is 10.4 Å². The van der Waals surface area contributed by atoms with Crippen molar-refractivity contribution in [2.45, 2.75) is 32.2 Å². The van der Waals surface area contributed by atoms with Crippen LogP contribution in [-0.4, -0.2) is 17.1 Å². The molecule has 11 heavy (non-hydrogen) atoms. The maximum absolute atomic E-state index is 10.0.